The van der Waals surface area contributed by atoms with Crippen molar-refractivity contribution >= 4 is 29.0 Å². The van der Waals surface area contributed by atoms with Crippen LogP contribution in [0.3, 0.4) is 0 Å². The quantitative estimate of drug-likeness (QED) is 0.482. The molecule has 0 aliphatic rings. The Morgan fingerprint density at radius 3 is 2.72 bits per heavy atom. The zero-order chi connectivity index (χ0) is 20.1. The molecule has 0 amide bonds. The van der Waals surface area contributed by atoms with Crippen molar-refractivity contribution in [1.29, 1.82) is 0 Å². The molecule has 0 saturated heterocycles. The Balaban J connectivity index is 1.78. The molecule has 0 aliphatic heterocycles. The van der Waals surface area contributed by atoms with Crippen LogP contribution < -0.4 is 10.2 Å². The van der Waals surface area contributed by atoms with E-state index < -0.39 is 0 Å². The third-order valence-corrected chi connectivity index (χ3v) is 4.57. The molecule has 2 N–H and O–H groups in total. The van der Waals surface area contributed by atoms with Crippen molar-refractivity contribution in [3.8, 4) is 0 Å². The molecule has 0 fully saturated rings. The molecular weight excluding hydrogens is 364 g/mol. The Morgan fingerprint density at radius 1 is 1.14 bits per heavy atom. The van der Waals surface area contributed by atoms with Gasteiger partial charge in [-0.2, -0.15) is 9.61 Å². The number of anilines is 3. The summed E-state index contributed by atoms with van der Waals surface area (Å²) in [6.45, 7) is 4.90. The first-order valence-electron chi connectivity index (χ1n) is 9.37. The molecule has 29 heavy (non-hydrogen) atoms. The first-order valence-corrected chi connectivity index (χ1v) is 9.37. The molecule has 0 spiro atoms. The van der Waals surface area contributed by atoms with Crippen LogP contribution >= 0.6 is 0 Å². The Hall–Kier alpha value is -3.71. The summed E-state index contributed by atoms with van der Waals surface area (Å²) in [7, 11) is 0. The van der Waals surface area contributed by atoms with Crippen LogP contribution in [0.2, 0.25) is 0 Å². The summed E-state index contributed by atoms with van der Waals surface area (Å²) >= 11 is 0. The fourth-order valence-electron chi connectivity index (χ4n) is 3.15. The van der Waals surface area contributed by atoms with Gasteiger partial charge in [0.15, 0.2) is 5.65 Å². The van der Waals surface area contributed by atoms with Gasteiger partial charge in [-0.05, 0) is 23.8 Å². The maximum absolute atomic E-state index is 9.63. The number of aliphatic hydroxyl groups excluding tert-OH is 1. The van der Waals surface area contributed by atoms with Gasteiger partial charge in [0, 0.05) is 42.8 Å². The summed E-state index contributed by atoms with van der Waals surface area (Å²) in [5, 5.41) is 17.5. The Bertz CT molecular complexity index is 1090. The van der Waals surface area contributed by atoms with E-state index >= 15 is 0 Å². The monoisotopic (exact) mass is 386 g/mol. The van der Waals surface area contributed by atoms with Gasteiger partial charge in [0.1, 0.15) is 11.6 Å². The minimum Gasteiger partial charge on any atom is -0.395 e. The van der Waals surface area contributed by atoms with E-state index in [2.05, 4.69) is 22.0 Å². The van der Waals surface area contributed by atoms with E-state index in [4.69, 9.17) is 4.98 Å². The summed E-state index contributed by atoms with van der Waals surface area (Å²) in [6.07, 6.45) is 7.06. The molecule has 3 heterocycles. The highest BCUT2D eigenvalue weighted by Crippen LogP contribution is 2.28. The summed E-state index contributed by atoms with van der Waals surface area (Å²) in [4.78, 5) is 11.0. The molecular formula is C22H22N6O. The largest absolute Gasteiger partial charge is 0.395 e. The van der Waals surface area contributed by atoms with Crippen molar-refractivity contribution in [3.63, 3.8) is 0 Å². The van der Waals surface area contributed by atoms with E-state index in [-0.39, 0.29) is 6.61 Å². The number of fused-ring (bicyclic) bond motifs is 1. The Kier molecular flexibility index (Phi) is 5.49. The minimum absolute atomic E-state index is 0.00772. The highest BCUT2D eigenvalue weighted by molar-refractivity contribution is 5.71. The van der Waals surface area contributed by atoms with Crippen LogP contribution in [0.25, 0.3) is 11.7 Å². The number of rotatable bonds is 8. The van der Waals surface area contributed by atoms with Crippen molar-refractivity contribution in [2.75, 3.05) is 23.4 Å². The van der Waals surface area contributed by atoms with Gasteiger partial charge in [0.05, 0.1) is 12.8 Å². The van der Waals surface area contributed by atoms with Crippen LogP contribution in [0.5, 0.6) is 0 Å². The zero-order valence-electron chi connectivity index (χ0n) is 15.9. The lowest BCUT2D eigenvalue weighted by atomic mass is 10.2. The number of pyridine rings is 1. The summed E-state index contributed by atoms with van der Waals surface area (Å²) in [5.74, 6) is 1.51. The maximum atomic E-state index is 9.63. The molecule has 7 nitrogen and oxygen atoms in total. The van der Waals surface area contributed by atoms with Crippen molar-refractivity contribution in [1.82, 2.24) is 19.6 Å². The molecule has 0 saturated carbocycles. The average Bonchev–Trinajstić information content (AvgIpc) is 3.20. The highest BCUT2D eigenvalue weighted by Gasteiger charge is 2.16. The first-order chi connectivity index (χ1) is 14.3. The van der Waals surface area contributed by atoms with Crippen LogP contribution in [0.4, 0.5) is 17.3 Å². The van der Waals surface area contributed by atoms with Crippen LogP contribution in [0, 0.1) is 0 Å². The molecule has 0 aliphatic carbocycles. The van der Waals surface area contributed by atoms with E-state index in [0.29, 0.717) is 18.7 Å². The van der Waals surface area contributed by atoms with E-state index in [1.54, 1.807) is 23.0 Å². The molecule has 7 heteroatoms. The second-order valence-corrected chi connectivity index (χ2v) is 6.46. The van der Waals surface area contributed by atoms with Crippen molar-refractivity contribution in [2.24, 2.45) is 0 Å². The van der Waals surface area contributed by atoms with Crippen molar-refractivity contribution in [2.45, 2.75) is 6.54 Å². The second kappa shape index (κ2) is 8.53. The first kappa shape index (κ1) is 18.6. The van der Waals surface area contributed by atoms with Gasteiger partial charge in [-0.15, -0.1) is 0 Å². The standard InChI is InChI=1S/C22H22N6O/c1-2-18-16-25-28-20(24-15-17-7-6-10-23-14-17)13-21(26-22(18)28)27(11-12-29)19-8-4-3-5-9-19/h2-10,13-14,16,24,29H,1,11-12,15H2. The predicted octanol–water partition coefficient (Wildman–Crippen LogP) is 3.51. The fourth-order valence-corrected chi connectivity index (χ4v) is 3.15. The highest BCUT2D eigenvalue weighted by atomic mass is 16.3. The van der Waals surface area contributed by atoms with E-state index in [0.717, 1.165) is 28.5 Å². The molecule has 4 aromatic rings. The van der Waals surface area contributed by atoms with Crippen LogP contribution in [0.15, 0.2) is 73.7 Å². The van der Waals surface area contributed by atoms with Crippen LogP contribution in [-0.4, -0.2) is 37.8 Å². The fraction of sp³-hybridized carbons (Fsp3) is 0.136. The number of hydrogen-bond donors (Lipinski definition) is 2. The maximum Gasteiger partial charge on any atom is 0.166 e. The number of benzene rings is 1. The Morgan fingerprint density at radius 2 is 2.00 bits per heavy atom. The van der Waals surface area contributed by atoms with E-state index in [9.17, 15) is 5.11 Å². The molecule has 1 aromatic carbocycles. The number of aromatic nitrogens is 4. The number of hydrogen-bond acceptors (Lipinski definition) is 6. The molecule has 0 bridgehead atoms. The van der Waals surface area contributed by atoms with Gasteiger partial charge in [-0.3, -0.25) is 4.98 Å². The SMILES string of the molecule is C=Cc1cnn2c(NCc3cccnc3)cc(N(CCO)c3ccccc3)nc12. The molecule has 3 aromatic heterocycles. The molecule has 0 unspecified atom stereocenters. The van der Waals surface area contributed by atoms with E-state index in [1.807, 2.05) is 59.6 Å². The molecule has 0 radical (unpaired) electrons. The lowest BCUT2D eigenvalue weighted by Crippen LogP contribution is -2.23. The summed E-state index contributed by atoms with van der Waals surface area (Å²) < 4.78 is 1.76. The van der Waals surface area contributed by atoms with Crippen LogP contribution in [0.1, 0.15) is 11.1 Å². The number of nitrogens with zero attached hydrogens (tertiary/aromatic N) is 5. The van der Waals surface area contributed by atoms with Crippen LogP contribution in [-0.2, 0) is 6.54 Å². The predicted molar refractivity (Wildman–Crippen MR) is 115 cm³/mol. The van der Waals surface area contributed by atoms with Gasteiger partial charge in [-0.25, -0.2) is 4.98 Å². The van der Waals surface area contributed by atoms with Gasteiger partial charge in [0.2, 0.25) is 0 Å². The lowest BCUT2D eigenvalue weighted by molar-refractivity contribution is 0.305. The lowest BCUT2D eigenvalue weighted by Gasteiger charge is -2.24. The summed E-state index contributed by atoms with van der Waals surface area (Å²) in [5.41, 5.74) is 3.56. The van der Waals surface area contributed by atoms with Gasteiger partial charge < -0.3 is 15.3 Å². The molecule has 146 valence electrons. The van der Waals surface area contributed by atoms with Gasteiger partial charge in [-0.1, -0.05) is 36.9 Å². The van der Waals surface area contributed by atoms with Crippen molar-refractivity contribution < 1.29 is 5.11 Å². The van der Waals surface area contributed by atoms with Gasteiger partial charge >= 0.3 is 0 Å². The molecule has 4 rings (SSSR count). The van der Waals surface area contributed by atoms with Crippen molar-refractivity contribution in [3.05, 3.63) is 84.8 Å². The zero-order valence-corrected chi connectivity index (χ0v) is 15.9. The van der Waals surface area contributed by atoms with E-state index in [1.165, 1.54) is 0 Å². The Labute approximate surface area is 169 Å². The smallest absolute Gasteiger partial charge is 0.166 e. The summed E-state index contributed by atoms with van der Waals surface area (Å²) in [6, 6.07) is 15.7. The number of aliphatic hydroxyl groups is 1. The number of nitrogens with one attached hydrogen (secondary N) is 1. The topological polar surface area (TPSA) is 78.6 Å². The normalized spacial score (nSPS) is 10.8. The second-order valence-electron chi connectivity index (χ2n) is 6.46. The minimum atomic E-state index is 0.00772. The average molecular weight is 386 g/mol. The third kappa shape index (κ3) is 3.95. The molecule has 0 atom stereocenters. The van der Waals surface area contributed by atoms with Gasteiger partial charge in [0.25, 0.3) is 0 Å². The third-order valence-electron chi connectivity index (χ3n) is 4.57. The number of para-hydroxylation sites is 1.